The van der Waals surface area contributed by atoms with Crippen molar-refractivity contribution in [1.82, 2.24) is 10.3 Å². The quantitative estimate of drug-likeness (QED) is 0.855. The minimum atomic E-state index is 0.0474. The predicted octanol–water partition coefficient (Wildman–Crippen LogP) is 3.87. The molecule has 0 unspecified atom stereocenters. The van der Waals surface area contributed by atoms with Crippen LogP contribution in [0.4, 0.5) is 0 Å². The minimum Gasteiger partial charge on any atom is -0.361 e. The van der Waals surface area contributed by atoms with E-state index in [1.165, 1.54) is 12.8 Å². The summed E-state index contributed by atoms with van der Waals surface area (Å²) in [5, 5.41) is 4.32. The Hall–Kier alpha value is -1.77. The van der Waals surface area contributed by atoms with E-state index in [9.17, 15) is 4.79 Å². The Labute approximate surface area is 119 Å². The first-order valence-corrected chi connectivity index (χ1v) is 7.42. The van der Waals surface area contributed by atoms with Gasteiger partial charge in [-0.25, -0.2) is 0 Å². The van der Waals surface area contributed by atoms with E-state index < -0.39 is 0 Å². The number of amides is 1. The zero-order chi connectivity index (χ0) is 14.2. The third-order valence-corrected chi connectivity index (χ3v) is 4.49. The largest absolute Gasteiger partial charge is 0.361 e. The van der Waals surface area contributed by atoms with Crippen molar-refractivity contribution in [2.75, 3.05) is 0 Å². The Morgan fingerprint density at radius 1 is 1.25 bits per heavy atom. The second kappa shape index (κ2) is 4.97. The number of hydrogen-bond donors (Lipinski definition) is 2. The van der Waals surface area contributed by atoms with Gasteiger partial charge in [0.05, 0.1) is 0 Å². The number of nitrogens with one attached hydrogen (secondary N) is 2. The van der Waals surface area contributed by atoms with E-state index >= 15 is 0 Å². The first kappa shape index (κ1) is 13.2. The maximum Gasteiger partial charge on any atom is 0.251 e. The van der Waals surface area contributed by atoms with Gasteiger partial charge in [0, 0.05) is 23.3 Å². The average Bonchev–Trinajstić information content (AvgIpc) is 2.88. The molecule has 1 saturated carbocycles. The first-order valence-electron chi connectivity index (χ1n) is 7.42. The van der Waals surface area contributed by atoms with Crippen LogP contribution in [0.3, 0.4) is 0 Å². The van der Waals surface area contributed by atoms with Crippen molar-refractivity contribution >= 4 is 16.8 Å². The summed E-state index contributed by atoms with van der Waals surface area (Å²) in [6, 6.07) is 8.16. The first-order chi connectivity index (χ1) is 9.53. The van der Waals surface area contributed by atoms with Gasteiger partial charge in [0.15, 0.2) is 0 Å². The molecule has 1 heterocycles. The number of aromatic nitrogens is 1. The molecule has 0 atom stereocenters. The van der Waals surface area contributed by atoms with E-state index in [0.717, 1.165) is 29.3 Å². The highest BCUT2D eigenvalue weighted by Crippen LogP contribution is 2.35. The maximum atomic E-state index is 12.3. The number of fused-ring (bicyclic) bond motifs is 1. The summed E-state index contributed by atoms with van der Waals surface area (Å²) < 4.78 is 0. The molecule has 0 bridgehead atoms. The second-order valence-electron chi connectivity index (χ2n) is 6.69. The Kier molecular flexibility index (Phi) is 3.28. The fraction of sp³-hybridized carbons (Fsp3) is 0.471. The SMILES string of the molecule is CC1(C)CCC(NC(=O)c2ccc3cc[nH]c3c2)CC1. The summed E-state index contributed by atoms with van der Waals surface area (Å²) >= 11 is 0. The van der Waals surface area contributed by atoms with Gasteiger partial charge in [0.1, 0.15) is 0 Å². The molecule has 0 spiro atoms. The Morgan fingerprint density at radius 2 is 2.00 bits per heavy atom. The van der Waals surface area contributed by atoms with Gasteiger partial charge in [0.25, 0.3) is 5.91 Å². The molecule has 2 aromatic rings. The van der Waals surface area contributed by atoms with Gasteiger partial charge in [0.2, 0.25) is 0 Å². The third-order valence-electron chi connectivity index (χ3n) is 4.49. The van der Waals surface area contributed by atoms with Crippen LogP contribution >= 0.6 is 0 Å². The molecule has 1 aliphatic rings. The van der Waals surface area contributed by atoms with Gasteiger partial charge >= 0.3 is 0 Å². The summed E-state index contributed by atoms with van der Waals surface area (Å²) in [5.41, 5.74) is 2.19. The summed E-state index contributed by atoms with van der Waals surface area (Å²) in [6.07, 6.45) is 6.45. The highest BCUT2D eigenvalue weighted by atomic mass is 16.1. The van der Waals surface area contributed by atoms with Crippen LogP contribution in [0.2, 0.25) is 0 Å². The van der Waals surface area contributed by atoms with Crippen LogP contribution in [0.1, 0.15) is 49.9 Å². The molecule has 1 amide bonds. The lowest BCUT2D eigenvalue weighted by atomic mass is 9.75. The molecule has 20 heavy (non-hydrogen) atoms. The smallest absolute Gasteiger partial charge is 0.251 e. The van der Waals surface area contributed by atoms with E-state index in [2.05, 4.69) is 24.1 Å². The van der Waals surface area contributed by atoms with Gasteiger partial charge in [-0.2, -0.15) is 0 Å². The molecule has 3 nitrogen and oxygen atoms in total. The Morgan fingerprint density at radius 3 is 2.75 bits per heavy atom. The number of H-pyrrole nitrogens is 1. The molecule has 0 saturated heterocycles. The van der Waals surface area contributed by atoms with E-state index in [1.807, 2.05) is 30.5 Å². The van der Waals surface area contributed by atoms with Crippen LogP contribution in [-0.2, 0) is 0 Å². The number of carbonyl (C=O) groups excluding carboxylic acids is 1. The average molecular weight is 270 g/mol. The second-order valence-corrected chi connectivity index (χ2v) is 6.69. The fourth-order valence-electron chi connectivity index (χ4n) is 3.00. The van der Waals surface area contributed by atoms with Gasteiger partial charge in [-0.3, -0.25) is 4.79 Å². The molecule has 1 aromatic carbocycles. The number of aromatic amines is 1. The van der Waals surface area contributed by atoms with Gasteiger partial charge in [-0.1, -0.05) is 19.9 Å². The van der Waals surface area contributed by atoms with Crippen molar-refractivity contribution in [1.29, 1.82) is 0 Å². The minimum absolute atomic E-state index is 0.0474. The van der Waals surface area contributed by atoms with Crippen LogP contribution in [-0.4, -0.2) is 16.9 Å². The zero-order valence-corrected chi connectivity index (χ0v) is 12.2. The molecule has 3 heteroatoms. The van der Waals surface area contributed by atoms with Crippen LogP contribution in [0, 0.1) is 5.41 Å². The summed E-state index contributed by atoms with van der Waals surface area (Å²) in [7, 11) is 0. The van der Waals surface area contributed by atoms with Gasteiger partial charge in [-0.15, -0.1) is 0 Å². The third kappa shape index (κ3) is 2.72. The van der Waals surface area contributed by atoms with Crippen LogP contribution in [0.15, 0.2) is 30.5 Å². The molecule has 1 aliphatic carbocycles. The fourth-order valence-corrected chi connectivity index (χ4v) is 3.00. The number of rotatable bonds is 2. The lowest BCUT2D eigenvalue weighted by molar-refractivity contribution is 0.0909. The van der Waals surface area contributed by atoms with E-state index in [1.54, 1.807) is 0 Å². The van der Waals surface area contributed by atoms with Crippen molar-refractivity contribution in [3.05, 3.63) is 36.0 Å². The molecular weight excluding hydrogens is 248 g/mol. The van der Waals surface area contributed by atoms with E-state index in [-0.39, 0.29) is 5.91 Å². The molecular formula is C17H22N2O. The molecule has 0 radical (unpaired) electrons. The normalized spacial score (nSPS) is 19.1. The van der Waals surface area contributed by atoms with Crippen molar-refractivity contribution in [3.63, 3.8) is 0 Å². The number of carbonyl (C=O) groups is 1. The van der Waals surface area contributed by atoms with Crippen molar-refractivity contribution < 1.29 is 4.79 Å². The van der Waals surface area contributed by atoms with Crippen LogP contribution < -0.4 is 5.32 Å². The van der Waals surface area contributed by atoms with Gasteiger partial charge < -0.3 is 10.3 Å². The maximum absolute atomic E-state index is 12.3. The Balaban J connectivity index is 1.67. The van der Waals surface area contributed by atoms with Crippen molar-refractivity contribution in [3.8, 4) is 0 Å². The molecule has 0 aliphatic heterocycles. The highest BCUT2D eigenvalue weighted by molar-refractivity contribution is 5.98. The number of hydrogen-bond acceptors (Lipinski definition) is 1. The Bertz CT molecular complexity index is 617. The van der Waals surface area contributed by atoms with E-state index in [4.69, 9.17) is 0 Å². The zero-order valence-electron chi connectivity index (χ0n) is 12.2. The van der Waals surface area contributed by atoms with Crippen LogP contribution in [0.25, 0.3) is 10.9 Å². The lowest BCUT2D eigenvalue weighted by Gasteiger charge is -2.34. The van der Waals surface area contributed by atoms with Gasteiger partial charge in [-0.05, 0) is 54.7 Å². The van der Waals surface area contributed by atoms with Crippen molar-refractivity contribution in [2.45, 2.75) is 45.6 Å². The molecule has 1 aromatic heterocycles. The monoisotopic (exact) mass is 270 g/mol. The summed E-state index contributed by atoms with van der Waals surface area (Å²) in [4.78, 5) is 15.5. The highest BCUT2D eigenvalue weighted by Gasteiger charge is 2.27. The predicted molar refractivity (Wildman–Crippen MR) is 81.8 cm³/mol. The van der Waals surface area contributed by atoms with E-state index in [0.29, 0.717) is 11.5 Å². The summed E-state index contributed by atoms with van der Waals surface area (Å²) in [5.74, 6) is 0.0474. The van der Waals surface area contributed by atoms with Crippen LogP contribution in [0.5, 0.6) is 0 Å². The molecule has 3 rings (SSSR count). The molecule has 106 valence electrons. The lowest BCUT2D eigenvalue weighted by Crippen LogP contribution is -2.39. The molecule has 1 fully saturated rings. The standard InChI is InChI=1S/C17H22N2O/c1-17(2)8-5-14(6-9-17)19-16(20)13-4-3-12-7-10-18-15(12)11-13/h3-4,7,10-11,14,18H,5-6,8-9H2,1-2H3,(H,19,20). The van der Waals surface area contributed by atoms with Crippen molar-refractivity contribution in [2.24, 2.45) is 5.41 Å². The molecule has 2 N–H and O–H groups in total. The summed E-state index contributed by atoms with van der Waals surface area (Å²) in [6.45, 7) is 4.62. The topological polar surface area (TPSA) is 44.9 Å². The number of benzene rings is 1.